The normalized spacial score (nSPS) is 9.83. The van der Waals surface area contributed by atoms with Crippen LogP contribution in [0.5, 0.6) is 0 Å². The lowest BCUT2D eigenvalue weighted by Gasteiger charge is -2.06. The second-order valence-corrected chi connectivity index (χ2v) is 3.83. The number of nitrogens with one attached hydrogen (secondary N) is 1. The quantitative estimate of drug-likeness (QED) is 0.839. The van der Waals surface area contributed by atoms with Crippen LogP contribution in [0.1, 0.15) is 27.6 Å². The average Bonchev–Trinajstić information content (AvgIpc) is 2.40. The Labute approximate surface area is 105 Å². The molecule has 2 aromatic rings. The highest BCUT2D eigenvalue weighted by Gasteiger charge is 2.06. The van der Waals surface area contributed by atoms with Gasteiger partial charge in [-0.05, 0) is 31.2 Å². The van der Waals surface area contributed by atoms with Crippen LogP contribution in [0.15, 0.2) is 48.8 Å². The number of nitrogens with zero attached hydrogens (tertiary/aromatic N) is 1. The summed E-state index contributed by atoms with van der Waals surface area (Å²) in [6.07, 6.45) is 3.11. The molecule has 0 saturated carbocycles. The van der Waals surface area contributed by atoms with Gasteiger partial charge in [0.25, 0.3) is 5.91 Å². The molecule has 90 valence electrons. The fourth-order valence-corrected chi connectivity index (χ4v) is 1.52. The van der Waals surface area contributed by atoms with Crippen molar-refractivity contribution in [1.82, 2.24) is 4.98 Å². The summed E-state index contributed by atoms with van der Waals surface area (Å²) in [5, 5.41) is 2.73. The molecule has 1 N–H and O–H groups in total. The maximum Gasteiger partial charge on any atom is 0.255 e. The Hall–Kier alpha value is -2.49. The van der Waals surface area contributed by atoms with Gasteiger partial charge in [0.15, 0.2) is 5.78 Å². The molecule has 0 atom stereocenters. The number of hydrogen-bond donors (Lipinski definition) is 1. The number of anilines is 1. The Morgan fingerprint density at radius 1 is 1.06 bits per heavy atom. The Kier molecular flexibility index (Phi) is 3.48. The van der Waals surface area contributed by atoms with Gasteiger partial charge in [-0.3, -0.25) is 14.6 Å². The summed E-state index contributed by atoms with van der Waals surface area (Å²) in [6, 6.07) is 10.1. The zero-order chi connectivity index (χ0) is 13.0. The molecule has 4 heteroatoms. The van der Waals surface area contributed by atoms with E-state index in [-0.39, 0.29) is 11.7 Å². The van der Waals surface area contributed by atoms with Crippen LogP contribution in [-0.2, 0) is 0 Å². The number of carbonyl (C=O) groups excluding carboxylic acids is 2. The van der Waals surface area contributed by atoms with Crippen LogP contribution in [0.3, 0.4) is 0 Å². The monoisotopic (exact) mass is 240 g/mol. The summed E-state index contributed by atoms with van der Waals surface area (Å²) in [7, 11) is 0. The molecule has 0 spiro atoms. The maximum absolute atomic E-state index is 11.9. The van der Waals surface area contributed by atoms with Gasteiger partial charge < -0.3 is 5.32 Å². The van der Waals surface area contributed by atoms with Crippen LogP contribution in [0.4, 0.5) is 5.69 Å². The van der Waals surface area contributed by atoms with E-state index in [1.54, 1.807) is 48.8 Å². The van der Waals surface area contributed by atoms with E-state index in [0.717, 1.165) is 0 Å². The average molecular weight is 240 g/mol. The van der Waals surface area contributed by atoms with E-state index < -0.39 is 0 Å². The largest absolute Gasteiger partial charge is 0.322 e. The zero-order valence-corrected chi connectivity index (χ0v) is 9.88. The Morgan fingerprint density at radius 2 is 1.78 bits per heavy atom. The highest BCUT2D eigenvalue weighted by molar-refractivity contribution is 6.05. The first-order valence-electron chi connectivity index (χ1n) is 5.49. The maximum atomic E-state index is 11.9. The molecule has 0 aliphatic carbocycles. The molecule has 1 heterocycles. The summed E-state index contributed by atoms with van der Waals surface area (Å²) >= 11 is 0. The number of amides is 1. The minimum atomic E-state index is -0.224. The molecule has 0 fully saturated rings. The van der Waals surface area contributed by atoms with Crippen molar-refractivity contribution >= 4 is 17.4 Å². The number of ketones is 1. The van der Waals surface area contributed by atoms with Gasteiger partial charge >= 0.3 is 0 Å². The van der Waals surface area contributed by atoms with E-state index >= 15 is 0 Å². The van der Waals surface area contributed by atoms with E-state index in [4.69, 9.17) is 0 Å². The predicted octanol–water partition coefficient (Wildman–Crippen LogP) is 2.54. The zero-order valence-electron chi connectivity index (χ0n) is 9.88. The fourth-order valence-electron chi connectivity index (χ4n) is 1.52. The molecule has 1 aromatic carbocycles. The van der Waals surface area contributed by atoms with Gasteiger partial charge in [-0.15, -0.1) is 0 Å². The molecule has 0 bridgehead atoms. The van der Waals surface area contributed by atoms with Crippen molar-refractivity contribution in [2.24, 2.45) is 0 Å². The molecular formula is C14H12N2O2. The number of carbonyl (C=O) groups is 2. The third kappa shape index (κ3) is 2.79. The van der Waals surface area contributed by atoms with Crippen LogP contribution >= 0.6 is 0 Å². The summed E-state index contributed by atoms with van der Waals surface area (Å²) in [4.78, 5) is 27.0. The first kappa shape index (κ1) is 12.0. The predicted molar refractivity (Wildman–Crippen MR) is 68.6 cm³/mol. The molecule has 0 saturated heterocycles. The Morgan fingerprint density at radius 3 is 2.44 bits per heavy atom. The van der Waals surface area contributed by atoms with Gasteiger partial charge in [-0.1, -0.05) is 12.1 Å². The van der Waals surface area contributed by atoms with Crippen molar-refractivity contribution < 1.29 is 9.59 Å². The lowest BCUT2D eigenvalue weighted by molar-refractivity contribution is 0.101. The molecule has 1 amide bonds. The lowest BCUT2D eigenvalue weighted by atomic mass is 10.1. The molecule has 1 aromatic heterocycles. The summed E-state index contributed by atoms with van der Waals surface area (Å²) in [5.41, 5.74) is 1.70. The Bertz CT molecular complexity index is 579. The molecule has 0 aliphatic heterocycles. The van der Waals surface area contributed by atoms with Crippen molar-refractivity contribution in [3.05, 3.63) is 59.9 Å². The van der Waals surface area contributed by atoms with E-state index in [9.17, 15) is 9.59 Å². The molecule has 0 unspecified atom stereocenters. The fraction of sp³-hybridized carbons (Fsp3) is 0.0714. The van der Waals surface area contributed by atoms with Crippen LogP contribution in [-0.4, -0.2) is 16.7 Å². The highest BCUT2D eigenvalue weighted by Crippen LogP contribution is 2.12. The van der Waals surface area contributed by atoms with Crippen molar-refractivity contribution in [2.75, 3.05) is 5.32 Å². The van der Waals surface area contributed by atoms with Crippen molar-refractivity contribution in [2.45, 2.75) is 6.92 Å². The molecule has 4 nitrogen and oxygen atoms in total. The van der Waals surface area contributed by atoms with E-state index in [0.29, 0.717) is 16.8 Å². The first-order valence-corrected chi connectivity index (χ1v) is 5.49. The number of hydrogen-bond acceptors (Lipinski definition) is 3. The van der Waals surface area contributed by atoms with Crippen LogP contribution < -0.4 is 5.32 Å². The third-order valence-electron chi connectivity index (χ3n) is 2.47. The van der Waals surface area contributed by atoms with E-state index in [2.05, 4.69) is 10.3 Å². The van der Waals surface area contributed by atoms with Gasteiger partial charge in [0.2, 0.25) is 0 Å². The minimum absolute atomic E-state index is 0.0324. The van der Waals surface area contributed by atoms with Gasteiger partial charge in [0.1, 0.15) is 0 Å². The lowest BCUT2D eigenvalue weighted by Crippen LogP contribution is -2.12. The SMILES string of the molecule is CC(=O)c1cccc(NC(=O)c2ccncc2)c1. The molecule has 2 rings (SSSR count). The van der Waals surface area contributed by atoms with Gasteiger partial charge in [-0.25, -0.2) is 0 Å². The van der Waals surface area contributed by atoms with E-state index in [1.165, 1.54) is 6.92 Å². The van der Waals surface area contributed by atoms with Crippen molar-refractivity contribution in [3.63, 3.8) is 0 Å². The number of pyridine rings is 1. The highest BCUT2D eigenvalue weighted by atomic mass is 16.1. The van der Waals surface area contributed by atoms with E-state index in [1.807, 2.05) is 0 Å². The van der Waals surface area contributed by atoms with Crippen LogP contribution in [0.2, 0.25) is 0 Å². The second-order valence-electron chi connectivity index (χ2n) is 3.83. The number of Topliss-reactive ketones (excluding diaryl/α,β-unsaturated/α-hetero) is 1. The smallest absolute Gasteiger partial charge is 0.255 e. The first-order chi connectivity index (χ1) is 8.66. The molecular weight excluding hydrogens is 228 g/mol. The summed E-state index contributed by atoms with van der Waals surface area (Å²) in [5.74, 6) is -0.256. The third-order valence-corrected chi connectivity index (χ3v) is 2.47. The molecule has 0 aliphatic rings. The molecule has 18 heavy (non-hydrogen) atoms. The topological polar surface area (TPSA) is 59.1 Å². The number of rotatable bonds is 3. The minimum Gasteiger partial charge on any atom is -0.322 e. The number of benzene rings is 1. The van der Waals surface area contributed by atoms with Crippen molar-refractivity contribution in [1.29, 1.82) is 0 Å². The summed E-state index contributed by atoms with van der Waals surface area (Å²) < 4.78 is 0. The van der Waals surface area contributed by atoms with Gasteiger partial charge in [-0.2, -0.15) is 0 Å². The number of aromatic nitrogens is 1. The second kappa shape index (κ2) is 5.23. The van der Waals surface area contributed by atoms with Gasteiger partial charge in [0.05, 0.1) is 0 Å². The standard InChI is InChI=1S/C14H12N2O2/c1-10(17)12-3-2-4-13(9-12)16-14(18)11-5-7-15-8-6-11/h2-9H,1H3,(H,16,18). The summed E-state index contributed by atoms with van der Waals surface area (Å²) in [6.45, 7) is 1.49. The molecule has 0 radical (unpaired) electrons. The van der Waals surface area contributed by atoms with Gasteiger partial charge in [0, 0.05) is 29.2 Å². The van der Waals surface area contributed by atoms with Crippen LogP contribution in [0, 0.1) is 0 Å². The van der Waals surface area contributed by atoms with Crippen LogP contribution in [0.25, 0.3) is 0 Å². The Balaban J connectivity index is 2.17. The van der Waals surface area contributed by atoms with Crippen molar-refractivity contribution in [3.8, 4) is 0 Å².